The Kier molecular flexibility index (Phi) is 4.37. The maximum atomic E-state index is 11.7. The first kappa shape index (κ1) is 16.3. The van der Waals surface area contributed by atoms with Gasteiger partial charge >= 0.3 is 6.03 Å². The number of aromatic nitrogens is 1. The van der Waals surface area contributed by atoms with E-state index in [9.17, 15) is 9.59 Å². The van der Waals surface area contributed by atoms with Crippen LogP contribution >= 0.6 is 0 Å². The highest BCUT2D eigenvalue weighted by Crippen LogP contribution is 2.24. The van der Waals surface area contributed by atoms with E-state index in [1.165, 1.54) is 5.56 Å². The molecule has 1 aromatic carbocycles. The number of benzene rings is 1. The Morgan fingerprint density at radius 3 is 2.73 bits per heavy atom. The summed E-state index contributed by atoms with van der Waals surface area (Å²) in [7, 11) is 0. The Bertz CT molecular complexity index is 880. The number of imide groups is 1. The Morgan fingerprint density at radius 1 is 1.15 bits per heavy atom. The van der Waals surface area contributed by atoms with E-state index >= 15 is 0 Å². The highest BCUT2D eigenvalue weighted by molar-refractivity contribution is 6.06. The summed E-state index contributed by atoms with van der Waals surface area (Å²) in [5.74, 6) is -0.00488. The number of rotatable bonds is 5. The Hall–Kier alpha value is -3.19. The molecule has 0 saturated carbocycles. The molecule has 3 N–H and O–H groups in total. The third-order valence-corrected chi connectivity index (χ3v) is 4.29. The van der Waals surface area contributed by atoms with Crippen molar-refractivity contribution in [2.75, 3.05) is 0 Å². The molecule has 132 valence electrons. The van der Waals surface area contributed by atoms with Crippen LogP contribution in [0.4, 0.5) is 4.79 Å². The molecule has 2 aliphatic rings. The predicted molar refractivity (Wildman–Crippen MR) is 94.5 cm³/mol. The fourth-order valence-electron chi connectivity index (χ4n) is 2.98. The van der Waals surface area contributed by atoms with Crippen molar-refractivity contribution < 1.29 is 14.3 Å². The fraction of sp³-hybridized carbons (Fsp3) is 0.211. The summed E-state index contributed by atoms with van der Waals surface area (Å²) >= 11 is 0. The van der Waals surface area contributed by atoms with Gasteiger partial charge in [0.05, 0.1) is 5.69 Å². The van der Waals surface area contributed by atoms with Gasteiger partial charge in [-0.25, -0.2) is 4.79 Å². The average Bonchev–Trinajstić information content (AvgIpc) is 3.00. The highest BCUT2D eigenvalue weighted by atomic mass is 16.5. The first-order chi connectivity index (χ1) is 12.7. The number of carbonyl (C=O) groups excluding carboxylic acids is 2. The van der Waals surface area contributed by atoms with Gasteiger partial charge in [-0.05, 0) is 17.2 Å². The second-order valence-corrected chi connectivity index (χ2v) is 6.21. The van der Waals surface area contributed by atoms with Gasteiger partial charge in [0.25, 0.3) is 5.91 Å². The van der Waals surface area contributed by atoms with Crippen molar-refractivity contribution in [1.82, 2.24) is 20.9 Å². The zero-order chi connectivity index (χ0) is 17.9. The molecular weight excluding hydrogens is 332 g/mol. The summed E-state index contributed by atoms with van der Waals surface area (Å²) in [6, 6.07) is 10.9. The Morgan fingerprint density at radius 2 is 1.96 bits per heavy atom. The standard InChI is InChI=1S/C19H18N4O3/c24-18-17(22-19(25)23-18)16-7-15-14(11-26-16)6-13(10-21-15)9-20-8-12-4-2-1-3-5-12/h1-7,10,17,20H,8-9,11H2,(H2,22,23,24,25). The van der Waals surface area contributed by atoms with Crippen molar-refractivity contribution in [3.63, 3.8) is 0 Å². The van der Waals surface area contributed by atoms with Crippen molar-refractivity contribution in [3.05, 3.63) is 70.7 Å². The maximum absolute atomic E-state index is 11.7. The second-order valence-electron chi connectivity index (χ2n) is 6.21. The Balaban J connectivity index is 1.42. The molecule has 0 aliphatic carbocycles. The molecule has 1 saturated heterocycles. The van der Waals surface area contributed by atoms with Crippen LogP contribution in [0, 0.1) is 0 Å². The van der Waals surface area contributed by atoms with Crippen LogP contribution in [0.1, 0.15) is 22.4 Å². The molecule has 3 heterocycles. The number of hydrogen-bond acceptors (Lipinski definition) is 5. The van der Waals surface area contributed by atoms with Gasteiger partial charge in [-0.3, -0.25) is 15.1 Å². The third kappa shape index (κ3) is 3.43. The fourth-order valence-corrected chi connectivity index (χ4v) is 2.98. The number of pyridine rings is 1. The van der Waals surface area contributed by atoms with Crippen molar-refractivity contribution in [1.29, 1.82) is 0 Å². The van der Waals surface area contributed by atoms with Gasteiger partial charge in [-0.1, -0.05) is 30.3 Å². The van der Waals surface area contributed by atoms with Gasteiger partial charge in [0, 0.05) is 30.9 Å². The monoisotopic (exact) mass is 350 g/mol. The van der Waals surface area contributed by atoms with Crippen molar-refractivity contribution in [3.8, 4) is 0 Å². The number of nitrogens with zero attached hydrogens (tertiary/aromatic N) is 1. The molecule has 26 heavy (non-hydrogen) atoms. The van der Waals surface area contributed by atoms with E-state index in [0.29, 0.717) is 18.9 Å². The number of fused-ring (bicyclic) bond motifs is 1. The molecular formula is C19H18N4O3. The van der Waals surface area contributed by atoms with E-state index in [2.05, 4.69) is 33.1 Å². The quantitative estimate of drug-likeness (QED) is 0.710. The molecule has 4 rings (SSSR count). The highest BCUT2D eigenvalue weighted by Gasteiger charge is 2.35. The lowest BCUT2D eigenvalue weighted by molar-refractivity contribution is -0.120. The lowest BCUT2D eigenvalue weighted by Gasteiger charge is -2.20. The topological polar surface area (TPSA) is 92.4 Å². The number of ether oxygens (including phenoxy) is 1. The first-order valence-electron chi connectivity index (χ1n) is 8.37. The summed E-state index contributed by atoms with van der Waals surface area (Å²) in [4.78, 5) is 27.5. The molecule has 7 nitrogen and oxygen atoms in total. The van der Waals surface area contributed by atoms with Gasteiger partial charge in [0.15, 0.2) is 6.04 Å². The van der Waals surface area contributed by atoms with E-state index < -0.39 is 18.0 Å². The zero-order valence-corrected chi connectivity index (χ0v) is 14.0. The molecule has 0 bridgehead atoms. The number of amides is 3. The van der Waals surface area contributed by atoms with Gasteiger partial charge in [-0.2, -0.15) is 0 Å². The molecule has 7 heteroatoms. The van der Waals surface area contributed by atoms with Crippen LogP contribution < -0.4 is 16.0 Å². The van der Waals surface area contributed by atoms with E-state index in [-0.39, 0.29) is 0 Å². The minimum atomic E-state index is -0.787. The summed E-state index contributed by atoms with van der Waals surface area (Å²) in [6.07, 6.45) is 3.51. The molecule has 0 radical (unpaired) electrons. The number of nitrogens with one attached hydrogen (secondary N) is 3. The minimum absolute atomic E-state index is 0.320. The van der Waals surface area contributed by atoms with Crippen LogP contribution in [0.2, 0.25) is 0 Å². The summed E-state index contributed by atoms with van der Waals surface area (Å²) in [5, 5.41) is 8.12. The van der Waals surface area contributed by atoms with Crippen molar-refractivity contribution >= 4 is 18.0 Å². The van der Waals surface area contributed by atoms with Gasteiger partial charge in [0.2, 0.25) is 0 Å². The molecule has 2 aromatic rings. The first-order valence-corrected chi connectivity index (χ1v) is 8.37. The van der Waals surface area contributed by atoms with Gasteiger partial charge in [-0.15, -0.1) is 0 Å². The molecule has 1 atom stereocenters. The predicted octanol–water partition coefficient (Wildman–Crippen LogP) is 1.45. The van der Waals surface area contributed by atoms with Crippen LogP contribution in [0.3, 0.4) is 0 Å². The zero-order valence-electron chi connectivity index (χ0n) is 14.0. The largest absolute Gasteiger partial charge is 0.490 e. The van der Waals surface area contributed by atoms with Crippen molar-refractivity contribution in [2.45, 2.75) is 25.7 Å². The molecule has 3 amide bonds. The van der Waals surface area contributed by atoms with Crippen LogP contribution in [0.5, 0.6) is 0 Å². The average molecular weight is 350 g/mol. The molecule has 1 unspecified atom stereocenters. The third-order valence-electron chi connectivity index (χ3n) is 4.29. The van der Waals surface area contributed by atoms with E-state index in [0.717, 1.165) is 23.4 Å². The van der Waals surface area contributed by atoms with Gasteiger partial charge < -0.3 is 15.4 Å². The van der Waals surface area contributed by atoms with Crippen LogP contribution in [0.25, 0.3) is 6.08 Å². The van der Waals surface area contributed by atoms with Crippen LogP contribution in [-0.2, 0) is 29.2 Å². The summed E-state index contributed by atoms with van der Waals surface area (Å²) in [5.41, 5.74) is 4.00. The number of urea groups is 1. The molecule has 0 spiro atoms. The lowest BCUT2D eigenvalue weighted by Crippen LogP contribution is -2.33. The van der Waals surface area contributed by atoms with Crippen molar-refractivity contribution in [2.24, 2.45) is 0 Å². The second kappa shape index (κ2) is 6.97. The smallest absolute Gasteiger partial charge is 0.322 e. The number of carbonyl (C=O) groups is 2. The normalized spacial score (nSPS) is 18.5. The molecule has 2 aliphatic heterocycles. The van der Waals surface area contributed by atoms with E-state index in [1.807, 2.05) is 30.5 Å². The molecule has 1 fully saturated rings. The van der Waals surface area contributed by atoms with Crippen LogP contribution in [-0.4, -0.2) is 23.0 Å². The maximum Gasteiger partial charge on any atom is 0.322 e. The van der Waals surface area contributed by atoms with Gasteiger partial charge in [0.1, 0.15) is 12.4 Å². The minimum Gasteiger partial charge on any atom is -0.490 e. The lowest BCUT2D eigenvalue weighted by atomic mass is 10.1. The van der Waals surface area contributed by atoms with E-state index in [4.69, 9.17) is 4.74 Å². The summed E-state index contributed by atoms with van der Waals surface area (Å²) in [6.45, 7) is 1.81. The molecule has 1 aromatic heterocycles. The number of hydrogen-bond donors (Lipinski definition) is 3. The van der Waals surface area contributed by atoms with Crippen LogP contribution in [0.15, 0.2) is 48.4 Å². The van der Waals surface area contributed by atoms with E-state index in [1.54, 1.807) is 6.08 Å². The summed E-state index contributed by atoms with van der Waals surface area (Å²) < 4.78 is 5.66. The SMILES string of the molecule is O=C1NC(=O)C(C2=Cc3ncc(CNCc4ccccc4)cc3CO2)N1. The Labute approximate surface area is 150 Å².